The average molecular weight is 275 g/mol. The molecule has 2 atom stereocenters. The zero-order valence-corrected chi connectivity index (χ0v) is 12.1. The second-order valence-corrected chi connectivity index (χ2v) is 5.87. The third-order valence-corrected chi connectivity index (χ3v) is 4.65. The fourth-order valence-corrected chi connectivity index (χ4v) is 3.15. The summed E-state index contributed by atoms with van der Waals surface area (Å²) in [6.45, 7) is 5.74. The molecule has 1 unspecified atom stereocenters. The Bertz CT molecular complexity index is 562. The number of H-pyrrole nitrogens is 1. The van der Waals surface area contributed by atoms with E-state index in [9.17, 15) is 0 Å². The van der Waals surface area contributed by atoms with Gasteiger partial charge in [-0.15, -0.1) is 0 Å². The molecule has 0 saturated carbocycles. The molecule has 2 nitrogen and oxygen atoms in total. The maximum absolute atomic E-state index is 6.44. The molecule has 100 valence electrons. The van der Waals surface area contributed by atoms with Crippen LogP contribution in [-0.2, 0) is 0 Å². The first-order chi connectivity index (χ1) is 9.16. The Kier molecular flexibility index (Phi) is 3.28. The number of halogens is 1. The second kappa shape index (κ2) is 4.93. The minimum Gasteiger partial charge on any atom is -0.369 e. The van der Waals surface area contributed by atoms with Crippen LogP contribution >= 0.6 is 11.6 Å². The molecular weight excluding hydrogens is 256 g/mol. The van der Waals surface area contributed by atoms with Gasteiger partial charge in [-0.1, -0.05) is 24.6 Å². The normalized spacial score (nSPS) is 23.0. The lowest BCUT2D eigenvalue weighted by Gasteiger charge is -2.26. The summed E-state index contributed by atoms with van der Waals surface area (Å²) in [4.78, 5) is 5.52. The monoisotopic (exact) mass is 274 g/mol. The van der Waals surface area contributed by atoms with Crippen molar-refractivity contribution in [1.29, 1.82) is 0 Å². The number of nitrogens with one attached hydrogen (secondary N) is 1. The lowest BCUT2D eigenvalue weighted by molar-refractivity contribution is 0.546. The third kappa shape index (κ3) is 2.25. The van der Waals surface area contributed by atoms with Gasteiger partial charge in [0.05, 0.1) is 5.02 Å². The number of rotatable bonds is 2. The van der Waals surface area contributed by atoms with Crippen LogP contribution in [0.1, 0.15) is 20.3 Å². The van der Waals surface area contributed by atoms with E-state index in [1.165, 1.54) is 12.1 Å². The van der Waals surface area contributed by atoms with Gasteiger partial charge in [0.1, 0.15) is 0 Å². The van der Waals surface area contributed by atoms with E-state index in [2.05, 4.69) is 41.9 Å². The Hall–Kier alpha value is -1.41. The molecule has 3 rings (SSSR count). The Morgan fingerprint density at radius 2 is 2.11 bits per heavy atom. The molecule has 1 aliphatic heterocycles. The highest BCUT2D eigenvalue weighted by Crippen LogP contribution is 2.35. The molecule has 0 spiro atoms. The van der Waals surface area contributed by atoms with Gasteiger partial charge in [-0.3, -0.25) is 0 Å². The van der Waals surface area contributed by atoms with E-state index in [4.69, 9.17) is 11.6 Å². The topological polar surface area (TPSA) is 19.0 Å². The number of hydrogen-bond donors (Lipinski definition) is 1. The number of hydrogen-bond acceptors (Lipinski definition) is 1. The molecule has 0 aliphatic carbocycles. The summed E-state index contributed by atoms with van der Waals surface area (Å²) in [5, 5.41) is 0.823. The van der Waals surface area contributed by atoms with E-state index in [1.807, 2.05) is 18.5 Å². The molecule has 1 N–H and O–H groups in total. The number of aromatic nitrogens is 1. The predicted octanol–water partition coefficient (Wildman–Crippen LogP) is 4.57. The van der Waals surface area contributed by atoms with Crippen molar-refractivity contribution < 1.29 is 0 Å². The number of benzene rings is 1. The maximum Gasteiger partial charge on any atom is 0.0505 e. The first-order valence-corrected chi connectivity index (χ1v) is 7.24. The molecule has 1 aliphatic rings. The molecule has 2 aromatic rings. The van der Waals surface area contributed by atoms with E-state index in [1.54, 1.807) is 0 Å². The van der Waals surface area contributed by atoms with Gasteiger partial charge in [0.15, 0.2) is 0 Å². The van der Waals surface area contributed by atoms with Crippen LogP contribution in [0.5, 0.6) is 0 Å². The molecule has 19 heavy (non-hydrogen) atoms. The molecular formula is C16H19ClN2. The molecule has 0 bridgehead atoms. The van der Waals surface area contributed by atoms with Crippen LogP contribution in [-0.4, -0.2) is 17.6 Å². The highest BCUT2D eigenvalue weighted by Gasteiger charge is 2.27. The van der Waals surface area contributed by atoms with Crippen molar-refractivity contribution in [3.63, 3.8) is 0 Å². The summed E-state index contributed by atoms with van der Waals surface area (Å²) >= 11 is 6.44. The third-order valence-electron chi connectivity index (χ3n) is 4.33. The van der Waals surface area contributed by atoms with Crippen molar-refractivity contribution in [2.75, 3.05) is 11.4 Å². The van der Waals surface area contributed by atoms with Crippen molar-refractivity contribution in [2.45, 2.75) is 26.3 Å². The SMILES string of the molecule is CC1CCN(c2ccc(-c3cc[nH]c3)c(Cl)c2)[C@H]1C. The molecule has 1 aromatic carbocycles. The Morgan fingerprint density at radius 3 is 2.68 bits per heavy atom. The zero-order valence-electron chi connectivity index (χ0n) is 11.4. The van der Waals surface area contributed by atoms with Gasteiger partial charge in [0.25, 0.3) is 0 Å². The fourth-order valence-electron chi connectivity index (χ4n) is 2.87. The summed E-state index contributed by atoms with van der Waals surface area (Å²) in [6, 6.07) is 9.04. The van der Waals surface area contributed by atoms with Crippen molar-refractivity contribution in [3.05, 3.63) is 41.7 Å². The lowest BCUT2D eigenvalue weighted by Crippen LogP contribution is -2.28. The van der Waals surface area contributed by atoms with Gasteiger partial charge in [0.2, 0.25) is 0 Å². The average Bonchev–Trinajstić information content (AvgIpc) is 3.01. The van der Waals surface area contributed by atoms with Crippen molar-refractivity contribution in [3.8, 4) is 11.1 Å². The number of nitrogens with zero attached hydrogens (tertiary/aromatic N) is 1. The Morgan fingerprint density at radius 1 is 1.26 bits per heavy atom. The van der Waals surface area contributed by atoms with Crippen LogP contribution in [0.25, 0.3) is 11.1 Å². The van der Waals surface area contributed by atoms with E-state index < -0.39 is 0 Å². The standard InChI is InChI=1S/C16H19ClN2/c1-11-6-8-19(12(11)2)14-3-4-15(16(17)9-14)13-5-7-18-10-13/h3-5,7,9-12,18H,6,8H2,1-2H3/t11?,12-/m0/s1. The smallest absolute Gasteiger partial charge is 0.0505 e. The number of aromatic amines is 1. The van der Waals surface area contributed by atoms with Gasteiger partial charge in [0, 0.05) is 41.8 Å². The summed E-state index contributed by atoms with van der Waals surface area (Å²) in [5.74, 6) is 0.753. The highest BCUT2D eigenvalue weighted by atomic mass is 35.5. The van der Waals surface area contributed by atoms with Crippen molar-refractivity contribution in [1.82, 2.24) is 4.98 Å². The first-order valence-electron chi connectivity index (χ1n) is 6.86. The summed E-state index contributed by atoms with van der Waals surface area (Å²) in [7, 11) is 0. The van der Waals surface area contributed by atoms with E-state index >= 15 is 0 Å². The van der Waals surface area contributed by atoms with Crippen LogP contribution in [0.4, 0.5) is 5.69 Å². The van der Waals surface area contributed by atoms with Gasteiger partial charge in [-0.25, -0.2) is 0 Å². The highest BCUT2D eigenvalue weighted by molar-refractivity contribution is 6.33. The van der Waals surface area contributed by atoms with Crippen LogP contribution in [0, 0.1) is 5.92 Å². The van der Waals surface area contributed by atoms with Crippen molar-refractivity contribution >= 4 is 17.3 Å². The maximum atomic E-state index is 6.44. The summed E-state index contributed by atoms with van der Waals surface area (Å²) in [5.41, 5.74) is 3.46. The van der Waals surface area contributed by atoms with Gasteiger partial charge in [-0.05, 0) is 37.5 Å². The minimum atomic E-state index is 0.592. The Balaban J connectivity index is 1.92. The molecule has 0 amide bonds. The van der Waals surface area contributed by atoms with E-state index in [0.29, 0.717) is 6.04 Å². The van der Waals surface area contributed by atoms with Crippen molar-refractivity contribution in [2.24, 2.45) is 5.92 Å². The zero-order chi connectivity index (χ0) is 13.4. The molecule has 1 aromatic heterocycles. The second-order valence-electron chi connectivity index (χ2n) is 5.46. The minimum absolute atomic E-state index is 0.592. The Labute approximate surface area is 119 Å². The van der Waals surface area contributed by atoms with E-state index in [0.717, 1.165) is 28.6 Å². The quantitative estimate of drug-likeness (QED) is 0.850. The van der Waals surface area contributed by atoms with Gasteiger partial charge in [-0.2, -0.15) is 0 Å². The van der Waals surface area contributed by atoms with E-state index in [-0.39, 0.29) is 0 Å². The first kappa shape index (κ1) is 12.6. The number of anilines is 1. The van der Waals surface area contributed by atoms with Crippen LogP contribution in [0.15, 0.2) is 36.7 Å². The molecule has 1 fully saturated rings. The van der Waals surface area contributed by atoms with Crippen LogP contribution < -0.4 is 4.90 Å². The predicted molar refractivity (Wildman–Crippen MR) is 81.8 cm³/mol. The van der Waals surface area contributed by atoms with Gasteiger partial charge >= 0.3 is 0 Å². The molecule has 3 heteroatoms. The van der Waals surface area contributed by atoms with Crippen LogP contribution in [0.3, 0.4) is 0 Å². The molecule has 1 saturated heterocycles. The summed E-state index contributed by atoms with van der Waals surface area (Å²) < 4.78 is 0. The van der Waals surface area contributed by atoms with Crippen LogP contribution in [0.2, 0.25) is 5.02 Å². The largest absolute Gasteiger partial charge is 0.369 e. The lowest BCUT2D eigenvalue weighted by atomic mass is 10.0. The molecule has 2 heterocycles. The fraction of sp³-hybridized carbons (Fsp3) is 0.375. The molecule has 0 radical (unpaired) electrons. The van der Waals surface area contributed by atoms with Gasteiger partial charge < -0.3 is 9.88 Å². The summed E-state index contributed by atoms with van der Waals surface area (Å²) in [6.07, 6.45) is 5.16.